The number of hydrogen-bond donors (Lipinski definition) is 0. The predicted molar refractivity (Wildman–Crippen MR) is 88.4 cm³/mol. The molecular weight excluding hydrogens is 264 g/mol. The van der Waals surface area contributed by atoms with Crippen LogP contribution in [0.25, 0.3) is 0 Å². The van der Waals surface area contributed by atoms with Gasteiger partial charge >= 0.3 is 0 Å². The third-order valence-electron chi connectivity index (χ3n) is 3.95. The van der Waals surface area contributed by atoms with E-state index in [1.807, 2.05) is 12.2 Å². The first-order valence-electron chi connectivity index (χ1n) is 7.80. The molecule has 0 radical (unpaired) electrons. The highest BCUT2D eigenvalue weighted by molar-refractivity contribution is 6.48. The highest BCUT2D eigenvalue weighted by Gasteiger charge is 2.39. The van der Waals surface area contributed by atoms with Crippen molar-refractivity contribution in [2.75, 3.05) is 0 Å². The molecule has 0 saturated heterocycles. The maximum atomic E-state index is 10.3. The SMILES string of the molecule is C[SiH](C)OC([C@@H]1CCC[C@H]1C=CC=CC=O)C(C)(C)C. The standard InChI is InChI=1S/C17H30O2Si/c1-17(2,3)16(19-20(4)5)15-12-9-11-14(15)10-7-6-8-13-18/h6-8,10,13-16,20H,9,11-12H2,1-5H3/t14-,15-,16?/m1/s1. The summed E-state index contributed by atoms with van der Waals surface area (Å²) in [4.78, 5) is 10.3. The van der Waals surface area contributed by atoms with Crippen LogP contribution in [0.5, 0.6) is 0 Å². The van der Waals surface area contributed by atoms with Crippen molar-refractivity contribution >= 4 is 15.3 Å². The number of carbonyl (C=O) groups excluding carboxylic acids is 1. The van der Waals surface area contributed by atoms with Crippen LogP contribution in [-0.2, 0) is 9.22 Å². The van der Waals surface area contributed by atoms with Gasteiger partial charge in [0.25, 0.3) is 0 Å². The van der Waals surface area contributed by atoms with Crippen molar-refractivity contribution < 1.29 is 9.22 Å². The van der Waals surface area contributed by atoms with E-state index in [1.54, 1.807) is 6.08 Å². The van der Waals surface area contributed by atoms with E-state index in [0.717, 1.165) is 6.29 Å². The molecule has 0 aromatic rings. The molecule has 114 valence electrons. The molecule has 3 heteroatoms. The second-order valence-corrected chi connectivity index (χ2v) is 9.51. The van der Waals surface area contributed by atoms with Crippen LogP contribution >= 0.6 is 0 Å². The minimum absolute atomic E-state index is 0.191. The Labute approximate surface area is 126 Å². The van der Waals surface area contributed by atoms with E-state index in [0.29, 0.717) is 17.9 Å². The lowest BCUT2D eigenvalue weighted by molar-refractivity contribution is -0.104. The zero-order chi connectivity index (χ0) is 15.2. The fourth-order valence-corrected chi connectivity index (χ4v) is 4.39. The van der Waals surface area contributed by atoms with Crippen LogP contribution in [0.4, 0.5) is 0 Å². The summed E-state index contributed by atoms with van der Waals surface area (Å²) in [6.07, 6.45) is 12.6. The molecule has 1 saturated carbocycles. The lowest BCUT2D eigenvalue weighted by atomic mass is 9.77. The molecule has 1 rings (SSSR count). The van der Waals surface area contributed by atoms with Crippen molar-refractivity contribution in [1.82, 2.24) is 0 Å². The minimum atomic E-state index is -1.03. The number of hydrogen-bond acceptors (Lipinski definition) is 2. The van der Waals surface area contributed by atoms with Crippen molar-refractivity contribution in [2.45, 2.75) is 59.2 Å². The summed E-state index contributed by atoms with van der Waals surface area (Å²) < 4.78 is 6.39. The Bertz CT molecular complexity index is 352. The normalized spacial score (nSPS) is 25.9. The molecule has 0 spiro atoms. The fraction of sp³-hybridized carbons (Fsp3) is 0.706. The average Bonchev–Trinajstić information content (AvgIpc) is 2.78. The van der Waals surface area contributed by atoms with Crippen LogP contribution in [0.1, 0.15) is 40.0 Å². The van der Waals surface area contributed by atoms with Gasteiger partial charge < -0.3 is 4.43 Å². The Balaban J connectivity index is 2.80. The molecule has 0 aromatic heterocycles. The molecule has 1 aliphatic carbocycles. The van der Waals surface area contributed by atoms with Gasteiger partial charge in [-0.25, -0.2) is 0 Å². The van der Waals surface area contributed by atoms with Gasteiger partial charge in [0.1, 0.15) is 6.29 Å². The van der Waals surface area contributed by atoms with E-state index < -0.39 is 9.04 Å². The molecule has 1 unspecified atom stereocenters. The summed E-state index contributed by atoms with van der Waals surface area (Å²) in [5.74, 6) is 1.20. The molecule has 1 fully saturated rings. The Morgan fingerprint density at radius 3 is 2.40 bits per heavy atom. The third-order valence-corrected chi connectivity index (χ3v) is 4.78. The predicted octanol–water partition coefficient (Wildman–Crippen LogP) is 4.13. The van der Waals surface area contributed by atoms with Crippen molar-refractivity contribution in [2.24, 2.45) is 17.3 Å². The van der Waals surface area contributed by atoms with Crippen molar-refractivity contribution in [3.63, 3.8) is 0 Å². The summed E-state index contributed by atoms with van der Waals surface area (Å²) in [5.41, 5.74) is 0.191. The van der Waals surface area contributed by atoms with Crippen LogP contribution in [0.2, 0.25) is 13.1 Å². The summed E-state index contributed by atoms with van der Waals surface area (Å²) in [5, 5.41) is 0. The molecule has 20 heavy (non-hydrogen) atoms. The zero-order valence-corrected chi connectivity index (χ0v) is 14.8. The lowest BCUT2D eigenvalue weighted by Crippen LogP contribution is -2.40. The monoisotopic (exact) mass is 294 g/mol. The van der Waals surface area contributed by atoms with Gasteiger partial charge in [0.15, 0.2) is 9.04 Å². The van der Waals surface area contributed by atoms with Gasteiger partial charge in [0.2, 0.25) is 0 Å². The largest absolute Gasteiger partial charge is 0.417 e. The van der Waals surface area contributed by atoms with Crippen molar-refractivity contribution in [1.29, 1.82) is 0 Å². The maximum Gasteiger partial charge on any atom is 0.171 e. The Morgan fingerprint density at radius 2 is 1.85 bits per heavy atom. The molecule has 0 N–H and O–H groups in total. The van der Waals surface area contributed by atoms with Crippen LogP contribution in [0.3, 0.4) is 0 Å². The first kappa shape index (κ1) is 17.4. The third kappa shape index (κ3) is 5.37. The molecule has 2 nitrogen and oxygen atoms in total. The van der Waals surface area contributed by atoms with Crippen LogP contribution in [0, 0.1) is 17.3 Å². The van der Waals surface area contributed by atoms with E-state index in [1.165, 1.54) is 19.3 Å². The molecule has 3 atom stereocenters. The Hall–Kier alpha value is -0.673. The first-order valence-corrected chi connectivity index (χ1v) is 10.6. The zero-order valence-electron chi connectivity index (χ0n) is 13.6. The summed E-state index contributed by atoms with van der Waals surface area (Å²) >= 11 is 0. The summed E-state index contributed by atoms with van der Waals surface area (Å²) in [6, 6.07) is 0. The number of carbonyl (C=O) groups is 1. The fourth-order valence-electron chi connectivity index (χ4n) is 3.19. The molecule has 0 heterocycles. The number of rotatable bonds is 6. The van der Waals surface area contributed by atoms with Crippen LogP contribution < -0.4 is 0 Å². The van der Waals surface area contributed by atoms with Crippen molar-refractivity contribution in [3.8, 4) is 0 Å². The van der Waals surface area contributed by atoms with E-state index in [9.17, 15) is 4.79 Å². The molecule has 0 bridgehead atoms. The topological polar surface area (TPSA) is 26.3 Å². The highest BCUT2D eigenvalue weighted by atomic mass is 28.3. The van der Waals surface area contributed by atoms with E-state index in [4.69, 9.17) is 4.43 Å². The number of allylic oxidation sites excluding steroid dienone is 4. The van der Waals surface area contributed by atoms with E-state index >= 15 is 0 Å². The summed E-state index contributed by atoms with van der Waals surface area (Å²) in [7, 11) is -1.03. The minimum Gasteiger partial charge on any atom is -0.417 e. The van der Waals surface area contributed by atoms with Gasteiger partial charge in [0, 0.05) is 0 Å². The van der Waals surface area contributed by atoms with E-state index in [2.05, 4.69) is 39.9 Å². The van der Waals surface area contributed by atoms with Gasteiger partial charge in [-0.05, 0) is 49.3 Å². The molecule has 1 aliphatic rings. The Kier molecular flexibility index (Phi) is 6.90. The number of aldehydes is 1. The first-order chi connectivity index (χ1) is 9.36. The van der Waals surface area contributed by atoms with Gasteiger partial charge in [0.05, 0.1) is 6.10 Å². The quantitative estimate of drug-likeness (QED) is 0.319. The van der Waals surface area contributed by atoms with Gasteiger partial charge in [-0.2, -0.15) is 0 Å². The summed E-state index contributed by atoms with van der Waals surface area (Å²) in [6.45, 7) is 11.4. The van der Waals surface area contributed by atoms with Gasteiger partial charge in [-0.15, -0.1) is 0 Å². The van der Waals surface area contributed by atoms with Crippen molar-refractivity contribution in [3.05, 3.63) is 24.3 Å². The maximum absolute atomic E-state index is 10.3. The van der Waals surface area contributed by atoms with Crippen LogP contribution in [0.15, 0.2) is 24.3 Å². The van der Waals surface area contributed by atoms with Gasteiger partial charge in [-0.1, -0.05) is 45.4 Å². The second-order valence-electron chi connectivity index (χ2n) is 7.14. The highest BCUT2D eigenvalue weighted by Crippen LogP contribution is 2.42. The smallest absolute Gasteiger partial charge is 0.171 e. The molecule has 0 aromatic carbocycles. The average molecular weight is 295 g/mol. The van der Waals surface area contributed by atoms with Gasteiger partial charge in [-0.3, -0.25) is 4.79 Å². The Morgan fingerprint density at radius 1 is 1.15 bits per heavy atom. The molecule has 0 aliphatic heterocycles. The molecular formula is C17H30O2Si. The van der Waals surface area contributed by atoms with E-state index in [-0.39, 0.29) is 5.41 Å². The molecule has 0 amide bonds. The van der Waals surface area contributed by atoms with Crippen LogP contribution in [-0.4, -0.2) is 21.4 Å². The second kappa shape index (κ2) is 7.94. The lowest BCUT2D eigenvalue weighted by Gasteiger charge is -2.39.